The zero-order valence-electron chi connectivity index (χ0n) is 10.7. The van der Waals surface area contributed by atoms with E-state index in [2.05, 4.69) is 0 Å². The zero-order chi connectivity index (χ0) is 12.8. The highest BCUT2D eigenvalue weighted by Gasteiger charge is 2.57. The van der Waals surface area contributed by atoms with Gasteiger partial charge in [0.05, 0.1) is 20.8 Å². The summed E-state index contributed by atoms with van der Waals surface area (Å²) in [6.45, 7) is 0.0988. The summed E-state index contributed by atoms with van der Waals surface area (Å²) in [5.41, 5.74) is 2.22. The molecule has 1 saturated heterocycles. The molecule has 1 spiro atoms. The van der Waals surface area contributed by atoms with Gasteiger partial charge < -0.3 is 19.3 Å². The van der Waals surface area contributed by atoms with Crippen LogP contribution in [0.2, 0.25) is 0 Å². The molecule has 1 heterocycles. The van der Waals surface area contributed by atoms with Crippen LogP contribution in [0.25, 0.3) is 0 Å². The van der Waals surface area contributed by atoms with Crippen LogP contribution in [-0.2, 0) is 17.6 Å². The van der Waals surface area contributed by atoms with Crippen molar-refractivity contribution >= 4 is 0 Å². The maximum Gasteiger partial charge on any atom is 0.122 e. The van der Waals surface area contributed by atoms with E-state index in [1.54, 1.807) is 14.2 Å². The summed E-state index contributed by atoms with van der Waals surface area (Å²) in [4.78, 5) is 0. The number of aliphatic hydroxyl groups excluding tert-OH is 1. The number of rotatable bonds is 3. The number of methoxy groups -OCH3 is 2. The molecule has 0 radical (unpaired) electrons. The van der Waals surface area contributed by atoms with Crippen LogP contribution in [0.5, 0.6) is 11.5 Å². The van der Waals surface area contributed by atoms with Gasteiger partial charge in [-0.2, -0.15) is 0 Å². The quantitative estimate of drug-likeness (QED) is 0.822. The molecule has 1 aliphatic heterocycles. The summed E-state index contributed by atoms with van der Waals surface area (Å²) in [6.07, 6.45) is 2.64. The first-order valence-corrected chi connectivity index (χ1v) is 6.25. The van der Waals surface area contributed by atoms with Crippen LogP contribution in [0.1, 0.15) is 17.5 Å². The molecule has 4 nitrogen and oxygen atoms in total. The fourth-order valence-electron chi connectivity index (χ4n) is 3.05. The Labute approximate surface area is 106 Å². The van der Waals surface area contributed by atoms with Crippen molar-refractivity contribution in [1.29, 1.82) is 0 Å². The molecule has 1 aliphatic carbocycles. The number of hydrogen-bond donors (Lipinski definition) is 1. The molecule has 1 aromatic carbocycles. The summed E-state index contributed by atoms with van der Waals surface area (Å²) in [6, 6.07) is 3.89. The number of epoxide rings is 1. The Hall–Kier alpha value is -1.26. The van der Waals surface area contributed by atoms with Gasteiger partial charge in [0.15, 0.2) is 0 Å². The molecule has 0 unspecified atom stereocenters. The third kappa shape index (κ3) is 1.60. The molecule has 98 valence electrons. The lowest BCUT2D eigenvalue weighted by molar-refractivity contribution is 0.229. The van der Waals surface area contributed by atoms with Crippen molar-refractivity contribution in [3.05, 3.63) is 23.3 Å². The first kappa shape index (κ1) is 11.8. The van der Waals surface area contributed by atoms with Crippen molar-refractivity contribution in [2.24, 2.45) is 0 Å². The zero-order valence-corrected chi connectivity index (χ0v) is 10.7. The van der Waals surface area contributed by atoms with E-state index in [0.717, 1.165) is 30.8 Å². The topological polar surface area (TPSA) is 51.2 Å². The van der Waals surface area contributed by atoms with Crippen molar-refractivity contribution in [2.75, 3.05) is 20.8 Å². The standard InChI is InChI=1S/C14H18O4/c1-16-11-3-4-12(17-2)10-7-14(6-5-9(10)11)13(8-15)18-14/h3-4,13,15H,5-8H2,1-2H3/t13-,14+/m0/s1. The van der Waals surface area contributed by atoms with Crippen LogP contribution in [0.4, 0.5) is 0 Å². The van der Waals surface area contributed by atoms with Crippen LogP contribution in [-0.4, -0.2) is 37.6 Å². The first-order valence-electron chi connectivity index (χ1n) is 6.25. The fraction of sp³-hybridized carbons (Fsp3) is 0.571. The summed E-state index contributed by atoms with van der Waals surface area (Å²) in [5, 5.41) is 9.22. The predicted molar refractivity (Wildman–Crippen MR) is 66.3 cm³/mol. The van der Waals surface area contributed by atoms with Crippen LogP contribution < -0.4 is 9.47 Å². The van der Waals surface area contributed by atoms with Gasteiger partial charge in [-0.15, -0.1) is 0 Å². The third-order valence-corrected chi connectivity index (χ3v) is 4.13. The maximum atomic E-state index is 9.22. The Bertz CT molecular complexity index is 471. The lowest BCUT2D eigenvalue weighted by Gasteiger charge is -2.25. The molecule has 2 atom stereocenters. The minimum atomic E-state index is -0.165. The molecule has 0 aromatic heterocycles. The number of ether oxygens (including phenoxy) is 3. The minimum Gasteiger partial charge on any atom is -0.496 e. The van der Waals surface area contributed by atoms with Gasteiger partial charge in [0.2, 0.25) is 0 Å². The number of aliphatic hydroxyl groups is 1. The van der Waals surface area contributed by atoms with Crippen LogP contribution in [0.15, 0.2) is 12.1 Å². The lowest BCUT2D eigenvalue weighted by Crippen LogP contribution is -2.27. The molecule has 4 heteroatoms. The largest absolute Gasteiger partial charge is 0.496 e. The smallest absolute Gasteiger partial charge is 0.122 e. The van der Waals surface area contributed by atoms with Crippen molar-refractivity contribution in [1.82, 2.24) is 0 Å². The predicted octanol–water partition coefficient (Wildman–Crippen LogP) is 1.32. The van der Waals surface area contributed by atoms with Crippen LogP contribution in [0, 0.1) is 0 Å². The Morgan fingerprint density at radius 1 is 1.28 bits per heavy atom. The maximum absolute atomic E-state index is 9.22. The van der Waals surface area contributed by atoms with Crippen LogP contribution in [0.3, 0.4) is 0 Å². The molecule has 3 rings (SSSR count). The highest BCUT2D eigenvalue weighted by atomic mass is 16.6. The molecule has 0 bridgehead atoms. The van der Waals surface area contributed by atoms with Gasteiger partial charge in [0.25, 0.3) is 0 Å². The molecule has 0 amide bonds. The SMILES string of the molecule is COc1ccc(OC)c2c1CC[C@]1(C2)O[C@H]1CO. The minimum absolute atomic E-state index is 0.0124. The van der Waals surface area contributed by atoms with Gasteiger partial charge in [-0.3, -0.25) is 0 Å². The molecule has 18 heavy (non-hydrogen) atoms. The van der Waals surface area contributed by atoms with Gasteiger partial charge in [-0.25, -0.2) is 0 Å². The van der Waals surface area contributed by atoms with Crippen molar-refractivity contribution < 1.29 is 19.3 Å². The van der Waals surface area contributed by atoms with Gasteiger partial charge in [0, 0.05) is 17.5 Å². The van der Waals surface area contributed by atoms with E-state index in [9.17, 15) is 5.11 Å². The van der Waals surface area contributed by atoms with Gasteiger partial charge >= 0.3 is 0 Å². The molecule has 1 N–H and O–H groups in total. The van der Waals surface area contributed by atoms with Crippen LogP contribution >= 0.6 is 0 Å². The molecular formula is C14H18O4. The number of benzene rings is 1. The van der Waals surface area contributed by atoms with E-state index in [4.69, 9.17) is 14.2 Å². The van der Waals surface area contributed by atoms with E-state index in [-0.39, 0.29) is 18.3 Å². The van der Waals surface area contributed by atoms with Gasteiger partial charge in [0.1, 0.15) is 23.2 Å². The third-order valence-electron chi connectivity index (χ3n) is 4.13. The fourth-order valence-corrected chi connectivity index (χ4v) is 3.05. The Kier molecular flexibility index (Phi) is 2.72. The second-order valence-electron chi connectivity index (χ2n) is 4.96. The molecule has 1 aromatic rings. The van der Waals surface area contributed by atoms with Gasteiger partial charge in [-0.05, 0) is 25.0 Å². The molecule has 2 aliphatic rings. The number of fused-ring (bicyclic) bond motifs is 1. The highest BCUT2D eigenvalue weighted by Crippen LogP contribution is 2.50. The van der Waals surface area contributed by atoms with E-state index in [1.165, 1.54) is 11.1 Å². The Morgan fingerprint density at radius 3 is 2.50 bits per heavy atom. The summed E-state index contributed by atoms with van der Waals surface area (Å²) in [5.74, 6) is 1.80. The van der Waals surface area contributed by atoms with Crippen molar-refractivity contribution in [2.45, 2.75) is 31.0 Å². The normalized spacial score (nSPS) is 28.9. The van der Waals surface area contributed by atoms with E-state index in [0.29, 0.717) is 0 Å². The first-order chi connectivity index (χ1) is 8.74. The Morgan fingerprint density at radius 2 is 1.94 bits per heavy atom. The average molecular weight is 250 g/mol. The summed E-state index contributed by atoms with van der Waals surface area (Å²) >= 11 is 0. The summed E-state index contributed by atoms with van der Waals surface area (Å²) in [7, 11) is 3.37. The number of hydrogen-bond acceptors (Lipinski definition) is 4. The monoisotopic (exact) mass is 250 g/mol. The van der Waals surface area contributed by atoms with Gasteiger partial charge in [-0.1, -0.05) is 0 Å². The van der Waals surface area contributed by atoms with Crippen molar-refractivity contribution in [3.8, 4) is 11.5 Å². The molecule has 1 fully saturated rings. The second-order valence-corrected chi connectivity index (χ2v) is 4.96. The lowest BCUT2D eigenvalue weighted by atomic mass is 9.81. The second kappa shape index (κ2) is 4.14. The van der Waals surface area contributed by atoms with E-state index < -0.39 is 0 Å². The molecule has 0 saturated carbocycles. The van der Waals surface area contributed by atoms with E-state index in [1.807, 2.05) is 12.1 Å². The average Bonchev–Trinajstić information content (AvgIpc) is 3.09. The van der Waals surface area contributed by atoms with E-state index >= 15 is 0 Å². The Balaban J connectivity index is 1.99. The molecular weight excluding hydrogens is 232 g/mol. The van der Waals surface area contributed by atoms with Crippen molar-refractivity contribution in [3.63, 3.8) is 0 Å². The summed E-state index contributed by atoms with van der Waals surface area (Å²) < 4.78 is 16.5. The highest BCUT2D eigenvalue weighted by molar-refractivity contribution is 5.51.